The maximum Gasteiger partial charge on any atom is 0.243 e. The minimum atomic E-state index is -0.462. The quantitative estimate of drug-likeness (QED) is 0.897. The van der Waals surface area contributed by atoms with Gasteiger partial charge in [-0.05, 0) is 18.2 Å². The largest absolute Gasteiger partial charge is 0.472 e. The van der Waals surface area contributed by atoms with Gasteiger partial charge in [-0.25, -0.2) is 0 Å². The molecule has 1 aliphatic rings. The zero-order valence-corrected chi connectivity index (χ0v) is 14.2. The van der Waals surface area contributed by atoms with Crippen LogP contribution in [0.25, 0.3) is 0 Å². The van der Waals surface area contributed by atoms with E-state index in [1.54, 1.807) is 35.4 Å². The summed E-state index contributed by atoms with van der Waals surface area (Å²) in [6, 6.07) is 7.07. The number of thioether (sulfide) groups is 1. The van der Waals surface area contributed by atoms with Gasteiger partial charge in [0.2, 0.25) is 11.8 Å². The summed E-state index contributed by atoms with van der Waals surface area (Å²) in [5, 5.41) is 2.74. The predicted octanol–water partition coefficient (Wildman–Crippen LogP) is 2.00. The minimum Gasteiger partial charge on any atom is -0.472 e. The van der Waals surface area contributed by atoms with Crippen molar-refractivity contribution in [2.75, 3.05) is 12.3 Å². The van der Waals surface area contributed by atoms with Crippen molar-refractivity contribution in [1.82, 2.24) is 15.2 Å². The van der Waals surface area contributed by atoms with E-state index in [4.69, 9.17) is 4.42 Å². The normalized spacial score (nSPS) is 20.1. The van der Waals surface area contributed by atoms with E-state index in [0.717, 1.165) is 11.3 Å². The highest BCUT2D eigenvalue weighted by Gasteiger charge is 2.41. The molecule has 6 nitrogen and oxygen atoms in total. The number of hydrogen-bond donors (Lipinski definition) is 1. The molecule has 2 aromatic rings. The molecular weight excluding hydrogens is 326 g/mol. The van der Waals surface area contributed by atoms with E-state index < -0.39 is 6.04 Å². The van der Waals surface area contributed by atoms with Crippen LogP contribution in [0.1, 0.15) is 23.6 Å². The highest BCUT2D eigenvalue weighted by atomic mass is 32.2. The van der Waals surface area contributed by atoms with Crippen molar-refractivity contribution < 1.29 is 14.0 Å². The summed E-state index contributed by atoms with van der Waals surface area (Å²) < 4.78 is 5.11. The van der Waals surface area contributed by atoms with Crippen molar-refractivity contribution in [3.63, 3.8) is 0 Å². The molecule has 3 heterocycles. The molecule has 0 aromatic carbocycles. The summed E-state index contributed by atoms with van der Waals surface area (Å²) in [5.41, 5.74) is 1.83. The first-order valence-electron chi connectivity index (χ1n) is 7.77. The number of carbonyl (C=O) groups excluding carboxylic acids is 2. The van der Waals surface area contributed by atoms with E-state index in [1.165, 1.54) is 6.92 Å². The molecule has 0 aliphatic carbocycles. The zero-order valence-electron chi connectivity index (χ0n) is 13.3. The third kappa shape index (κ3) is 3.62. The molecule has 2 unspecified atom stereocenters. The summed E-state index contributed by atoms with van der Waals surface area (Å²) in [4.78, 5) is 30.4. The highest BCUT2D eigenvalue weighted by molar-refractivity contribution is 7.99. The predicted molar refractivity (Wildman–Crippen MR) is 91.2 cm³/mol. The smallest absolute Gasteiger partial charge is 0.243 e. The number of nitrogens with zero attached hydrogens (tertiary/aromatic N) is 2. The van der Waals surface area contributed by atoms with Crippen LogP contribution in [-0.4, -0.2) is 40.0 Å². The van der Waals surface area contributed by atoms with Crippen molar-refractivity contribution >= 4 is 23.6 Å². The lowest BCUT2D eigenvalue weighted by atomic mass is 10.2. The Morgan fingerprint density at radius 3 is 2.96 bits per heavy atom. The van der Waals surface area contributed by atoms with Crippen LogP contribution in [0.3, 0.4) is 0 Å². The van der Waals surface area contributed by atoms with Crippen LogP contribution >= 0.6 is 11.8 Å². The van der Waals surface area contributed by atoms with Gasteiger partial charge in [-0.2, -0.15) is 0 Å². The Morgan fingerprint density at radius 2 is 2.29 bits per heavy atom. The molecule has 0 radical (unpaired) electrons. The van der Waals surface area contributed by atoms with E-state index in [0.29, 0.717) is 18.7 Å². The topological polar surface area (TPSA) is 75.4 Å². The first-order chi connectivity index (χ1) is 11.7. The number of hydrogen-bond acceptors (Lipinski definition) is 5. The maximum absolute atomic E-state index is 12.5. The Labute approximate surface area is 144 Å². The van der Waals surface area contributed by atoms with Gasteiger partial charge in [-0.3, -0.25) is 14.6 Å². The molecule has 1 N–H and O–H groups in total. The van der Waals surface area contributed by atoms with Crippen molar-refractivity contribution in [3.05, 3.63) is 54.2 Å². The number of rotatable bonds is 5. The Hall–Kier alpha value is -2.28. The van der Waals surface area contributed by atoms with Crippen LogP contribution in [0.15, 0.2) is 47.4 Å². The summed E-state index contributed by atoms with van der Waals surface area (Å²) in [6.45, 7) is 1.99. The summed E-state index contributed by atoms with van der Waals surface area (Å²) in [7, 11) is 0. The summed E-state index contributed by atoms with van der Waals surface area (Å²) >= 11 is 1.57. The van der Waals surface area contributed by atoms with E-state index in [1.807, 2.05) is 24.3 Å². The van der Waals surface area contributed by atoms with Crippen LogP contribution in [0.4, 0.5) is 0 Å². The minimum absolute atomic E-state index is 0.115. The fourth-order valence-electron chi connectivity index (χ4n) is 2.74. The molecule has 2 atom stereocenters. The zero-order chi connectivity index (χ0) is 16.9. The van der Waals surface area contributed by atoms with Gasteiger partial charge in [-0.1, -0.05) is 6.07 Å². The summed E-state index contributed by atoms with van der Waals surface area (Å²) in [6.07, 6.45) is 5.60. The number of aromatic nitrogens is 1. The second kappa shape index (κ2) is 7.53. The summed E-state index contributed by atoms with van der Waals surface area (Å²) in [5.74, 6) is 0.334. The van der Waals surface area contributed by atoms with Crippen LogP contribution in [0.5, 0.6) is 0 Å². The van der Waals surface area contributed by atoms with Gasteiger partial charge in [0, 0.05) is 43.1 Å². The molecule has 0 bridgehead atoms. The lowest BCUT2D eigenvalue weighted by Crippen LogP contribution is -2.47. The fourth-order valence-corrected chi connectivity index (χ4v) is 4.20. The lowest BCUT2D eigenvalue weighted by molar-refractivity contribution is -0.138. The van der Waals surface area contributed by atoms with Gasteiger partial charge in [0.05, 0.1) is 12.5 Å². The third-order valence-corrected chi connectivity index (χ3v) is 5.22. The first kappa shape index (κ1) is 16.6. The van der Waals surface area contributed by atoms with Crippen molar-refractivity contribution in [2.45, 2.75) is 24.8 Å². The molecule has 1 aliphatic heterocycles. The van der Waals surface area contributed by atoms with E-state index in [9.17, 15) is 9.59 Å². The Bertz CT molecular complexity index is 690. The molecule has 2 aromatic heterocycles. The highest BCUT2D eigenvalue weighted by Crippen LogP contribution is 2.41. The Kier molecular flexibility index (Phi) is 5.20. The van der Waals surface area contributed by atoms with Gasteiger partial charge < -0.3 is 14.6 Å². The molecule has 126 valence electrons. The SMILES string of the molecule is CC(=O)N1C(C(=O)NCCc2ccccn2)CSC1c1ccoc1. The van der Waals surface area contributed by atoms with E-state index in [-0.39, 0.29) is 17.2 Å². The van der Waals surface area contributed by atoms with Crippen molar-refractivity contribution in [3.8, 4) is 0 Å². The molecule has 3 rings (SSSR count). The number of carbonyl (C=O) groups is 2. The second-order valence-corrected chi connectivity index (χ2v) is 6.66. The van der Waals surface area contributed by atoms with Crippen molar-refractivity contribution in [2.24, 2.45) is 0 Å². The maximum atomic E-state index is 12.5. The number of amides is 2. The van der Waals surface area contributed by atoms with Gasteiger partial charge >= 0.3 is 0 Å². The average molecular weight is 345 g/mol. The molecule has 1 fully saturated rings. The fraction of sp³-hybridized carbons (Fsp3) is 0.353. The van der Waals surface area contributed by atoms with Crippen LogP contribution in [0.2, 0.25) is 0 Å². The van der Waals surface area contributed by atoms with Gasteiger partial charge in [-0.15, -0.1) is 11.8 Å². The van der Waals surface area contributed by atoms with Crippen LogP contribution < -0.4 is 5.32 Å². The Morgan fingerprint density at radius 1 is 1.42 bits per heavy atom. The standard InChI is InChI=1S/C17H19N3O3S/c1-12(21)20-15(11-24-17(20)13-6-9-23-10-13)16(22)19-8-5-14-4-2-3-7-18-14/h2-4,6-7,9-10,15,17H,5,8,11H2,1H3,(H,19,22). The van der Waals surface area contributed by atoms with Crippen LogP contribution in [-0.2, 0) is 16.0 Å². The number of pyridine rings is 1. The van der Waals surface area contributed by atoms with Crippen molar-refractivity contribution in [1.29, 1.82) is 0 Å². The van der Waals surface area contributed by atoms with Crippen LogP contribution in [0, 0.1) is 0 Å². The Balaban J connectivity index is 1.60. The molecule has 7 heteroatoms. The number of furan rings is 1. The third-order valence-electron chi connectivity index (χ3n) is 3.90. The molecule has 0 spiro atoms. The molecule has 0 saturated carbocycles. The average Bonchev–Trinajstić information content (AvgIpc) is 3.24. The lowest BCUT2D eigenvalue weighted by Gasteiger charge is -2.27. The van der Waals surface area contributed by atoms with Gasteiger partial charge in [0.25, 0.3) is 0 Å². The molecule has 24 heavy (non-hydrogen) atoms. The van der Waals surface area contributed by atoms with E-state index in [2.05, 4.69) is 10.3 Å². The number of nitrogens with one attached hydrogen (secondary N) is 1. The molecule has 2 amide bonds. The van der Waals surface area contributed by atoms with Gasteiger partial charge in [0.15, 0.2) is 0 Å². The molecular formula is C17H19N3O3S. The first-order valence-corrected chi connectivity index (χ1v) is 8.82. The molecule has 1 saturated heterocycles. The van der Waals surface area contributed by atoms with Gasteiger partial charge in [0.1, 0.15) is 11.4 Å². The van der Waals surface area contributed by atoms with E-state index >= 15 is 0 Å². The monoisotopic (exact) mass is 345 g/mol. The second-order valence-electron chi connectivity index (χ2n) is 5.55.